The molecule has 1 aliphatic carbocycles. The maximum Gasteiger partial charge on any atom is 0.126 e. The molecule has 0 aromatic heterocycles. The lowest BCUT2D eigenvalue weighted by molar-refractivity contribution is 0.284. The van der Waals surface area contributed by atoms with Crippen LogP contribution in [0.3, 0.4) is 0 Å². The van der Waals surface area contributed by atoms with Gasteiger partial charge in [0.25, 0.3) is 0 Å². The Morgan fingerprint density at radius 3 is 2.48 bits per heavy atom. The fourth-order valence-corrected chi connectivity index (χ4v) is 2.80. The summed E-state index contributed by atoms with van der Waals surface area (Å²) in [6.45, 7) is 0.792. The number of hydrogen-bond acceptors (Lipinski definition) is 2. The standard InChI is InChI=1S/C18H17FN2/c19-18-4-2-1-3-17(18)15-9-16(10-15)21-12-14-7-5-13(11-20)6-8-14/h1-8,15-16,21H,9-10,12H2. The Balaban J connectivity index is 1.49. The van der Waals surface area contributed by atoms with Crippen LogP contribution >= 0.6 is 0 Å². The number of nitrogens with zero attached hydrogens (tertiary/aromatic N) is 1. The van der Waals surface area contributed by atoms with Crippen LogP contribution in [0.4, 0.5) is 4.39 Å². The van der Waals surface area contributed by atoms with E-state index >= 15 is 0 Å². The molecule has 0 radical (unpaired) electrons. The van der Waals surface area contributed by atoms with Crippen LogP contribution in [0.15, 0.2) is 48.5 Å². The van der Waals surface area contributed by atoms with E-state index in [9.17, 15) is 4.39 Å². The van der Waals surface area contributed by atoms with Gasteiger partial charge in [0.2, 0.25) is 0 Å². The molecule has 0 saturated heterocycles. The first-order valence-corrected chi connectivity index (χ1v) is 7.23. The smallest absolute Gasteiger partial charge is 0.126 e. The molecule has 2 nitrogen and oxygen atoms in total. The lowest BCUT2D eigenvalue weighted by atomic mass is 9.75. The zero-order valence-corrected chi connectivity index (χ0v) is 11.7. The summed E-state index contributed by atoms with van der Waals surface area (Å²) in [6.07, 6.45) is 1.97. The van der Waals surface area contributed by atoms with Gasteiger partial charge in [-0.15, -0.1) is 0 Å². The van der Waals surface area contributed by atoms with Gasteiger partial charge < -0.3 is 5.32 Å². The van der Waals surface area contributed by atoms with E-state index in [-0.39, 0.29) is 5.82 Å². The summed E-state index contributed by atoms with van der Waals surface area (Å²) in [5, 5.41) is 12.2. The summed E-state index contributed by atoms with van der Waals surface area (Å²) in [6, 6.07) is 17.2. The highest BCUT2D eigenvalue weighted by Crippen LogP contribution is 2.38. The number of nitriles is 1. The first-order valence-electron chi connectivity index (χ1n) is 7.23. The van der Waals surface area contributed by atoms with Gasteiger partial charge in [0, 0.05) is 12.6 Å². The van der Waals surface area contributed by atoms with Gasteiger partial charge in [-0.1, -0.05) is 30.3 Å². The fourth-order valence-electron chi connectivity index (χ4n) is 2.80. The molecule has 1 saturated carbocycles. The highest BCUT2D eigenvalue weighted by Gasteiger charge is 2.31. The van der Waals surface area contributed by atoms with E-state index in [1.54, 1.807) is 6.07 Å². The van der Waals surface area contributed by atoms with E-state index in [1.807, 2.05) is 36.4 Å². The lowest BCUT2D eigenvalue weighted by Crippen LogP contribution is -2.39. The van der Waals surface area contributed by atoms with Crippen molar-refractivity contribution in [2.75, 3.05) is 0 Å². The van der Waals surface area contributed by atoms with Crippen molar-refractivity contribution < 1.29 is 4.39 Å². The Hall–Kier alpha value is -2.18. The molecule has 0 unspecified atom stereocenters. The molecule has 0 heterocycles. The molecule has 0 aliphatic heterocycles. The van der Waals surface area contributed by atoms with Crippen molar-refractivity contribution in [3.63, 3.8) is 0 Å². The second-order valence-electron chi connectivity index (χ2n) is 5.58. The molecule has 0 bridgehead atoms. The van der Waals surface area contributed by atoms with Gasteiger partial charge in [-0.05, 0) is 48.1 Å². The minimum Gasteiger partial charge on any atom is -0.310 e. The van der Waals surface area contributed by atoms with E-state index in [0.29, 0.717) is 17.5 Å². The monoisotopic (exact) mass is 280 g/mol. The van der Waals surface area contributed by atoms with Crippen molar-refractivity contribution in [1.29, 1.82) is 5.26 Å². The second-order valence-corrected chi connectivity index (χ2v) is 5.58. The molecule has 1 aliphatic rings. The number of rotatable bonds is 4. The highest BCUT2D eigenvalue weighted by atomic mass is 19.1. The molecule has 21 heavy (non-hydrogen) atoms. The van der Waals surface area contributed by atoms with Crippen LogP contribution in [0.1, 0.15) is 35.4 Å². The number of nitrogens with one attached hydrogen (secondary N) is 1. The van der Waals surface area contributed by atoms with E-state index in [2.05, 4.69) is 11.4 Å². The van der Waals surface area contributed by atoms with Crippen LogP contribution < -0.4 is 5.32 Å². The van der Waals surface area contributed by atoms with Crippen LogP contribution in [-0.2, 0) is 6.54 Å². The van der Waals surface area contributed by atoms with Crippen LogP contribution in [0.2, 0.25) is 0 Å². The third-order valence-corrected chi connectivity index (χ3v) is 4.16. The van der Waals surface area contributed by atoms with Gasteiger partial charge in [-0.3, -0.25) is 0 Å². The topological polar surface area (TPSA) is 35.8 Å². The number of halogens is 1. The predicted molar refractivity (Wildman–Crippen MR) is 80.2 cm³/mol. The van der Waals surface area contributed by atoms with Crippen molar-refractivity contribution >= 4 is 0 Å². The minimum atomic E-state index is -0.0898. The summed E-state index contributed by atoms with van der Waals surface area (Å²) in [5.41, 5.74) is 2.69. The highest BCUT2D eigenvalue weighted by molar-refractivity contribution is 5.31. The molecule has 0 atom stereocenters. The average Bonchev–Trinajstić information content (AvgIpc) is 2.48. The van der Waals surface area contributed by atoms with Crippen LogP contribution in [0.5, 0.6) is 0 Å². The number of hydrogen-bond donors (Lipinski definition) is 1. The van der Waals surface area contributed by atoms with Gasteiger partial charge in [0.15, 0.2) is 0 Å². The molecule has 0 amide bonds. The van der Waals surface area contributed by atoms with Crippen molar-refractivity contribution in [2.45, 2.75) is 31.3 Å². The lowest BCUT2D eigenvalue weighted by Gasteiger charge is -2.36. The largest absolute Gasteiger partial charge is 0.310 e. The molecule has 2 aromatic carbocycles. The summed E-state index contributed by atoms with van der Waals surface area (Å²) >= 11 is 0. The van der Waals surface area contributed by atoms with Gasteiger partial charge in [-0.25, -0.2) is 4.39 Å². The van der Waals surface area contributed by atoms with E-state index < -0.39 is 0 Å². The molecule has 1 fully saturated rings. The van der Waals surface area contributed by atoms with Gasteiger partial charge in [0.05, 0.1) is 11.6 Å². The maximum absolute atomic E-state index is 13.7. The van der Waals surface area contributed by atoms with Crippen LogP contribution in [0.25, 0.3) is 0 Å². The number of benzene rings is 2. The molecule has 2 aromatic rings. The Morgan fingerprint density at radius 2 is 1.81 bits per heavy atom. The molecule has 0 spiro atoms. The molecule has 3 heteroatoms. The van der Waals surface area contributed by atoms with Crippen LogP contribution in [-0.4, -0.2) is 6.04 Å². The molecular formula is C18H17FN2. The predicted octanol–water partition coefficient (Wildman–Crippen LogP) is 3.73. The van der Waals surface area contributed by atoms with Gasteiger partial charge >= 0.3 is 0 Å². The zero-order chi connectivity index (χ0) is 14.7. The molecular weight excluding hydrogens is 263 g/mol. The third-order valence-electron chi connectivity index (χ3n) is 4.16. The maximum atomic E-state index is 13.7. The van der Waals surface area contributed by atoms with E-state index in [0.717, 1.165) is 24.9 Å². The molecule has 106 valence electrons. The summed E-state index contributed by atoms with van der Waals surface area (Å²) in [7, 11) is 0. The Bertz CT molecular complexity index is 652. The molecule has 1 N–H and O–H groups in total. The quantitative estimate of drug-likeness (QED) is 0.926. The fraction of sp³-hybridized carbons (Fsp3) is 0.278. The minimum absolute atomic E-state index is 0.0898. The van der Waals surface area contributed by atoms with E-state index in [1.165, 1.54) is 11.6 Å². The van der Waals surface area contributed by atoms with Crippen molar-refractivity contribution in [2.24, 2.45) is 0 Å². The van der Waals surface area contributed by atoms with Crippen molar-refractivity contribution in [1.82, 2.24) is 5.32 Å². The van der Waals surface area contributed by atoms with Gasteiger partial charge in [0.1, 0.15) is 5.82 Å². The van der Waals surface area contributed by atoms with Gasteiger partial charge in [-0.2, -0.15) is 5.26 Å². The van der Waals surface area contributed by atoms with Crippen molar-refractivity contribution in [3.05, 3.63) is 71.0 Å². The Morgan fingerprint density at radius 1 is 1.10 bits per heavy atom. The normalized spacial score (nSPS) is 20.6. The van der Waals surface area contributed by atoms with Crippen LogP contribution in [0, 0.1) is 17.1 Å². The summed E-state index contributed by atoms with van der Waals surface area (Å²) in [4.78, 5) is 0. The SMILES string of the molecule is N#Cc1ccc(CNC2CC(c3ccccc3F)C2)cc1. The molecule has 3 rings (SSSR count). The first kappa shape index (κ1) is 13.8. The average molecular weight is 280 g/mol. The van der Waals surface area contributed by atoms with E-state index in [4.69, 9.17) is 5.26 Å². The Kier molecular flexibility index (Phi) is 3.98. The Labute approximate surface area is 124 Å². The summed E-state index contributed by atoms with van der Waals surface area (Å²) < 4.78 is 13.7. The van der Waals surface area contributed by atoms with Crippen molar-refractivity contribution in [3.8, 4) is 6.07 Å². The third kappa shape index (κ3) is 3.12. The first-order chi connectivity index (χ1) is 10.3. The summed E-state index contributed by atoms with van der Waals surface area (Å²) in [5.74, 6) is 0.248. The zero-order valence-electron chi connectivity index (χ0n) is 11.7. The second kappa shape index (κ2) is 6.07.